The maximum atomic E-state index is 12.3. The van der Waals surface area contributed by atoms with Crippen molar-refractivity contribution in [3.63, 3.8) is 0 Å². The second-order valence-corrected chi connectivity index (χ2v) is 8.17. The standard InChI is InChI=1S/C19H22N2O5S/c1-13(2)12-17(19(23)24)20-18(22)14-8-10-15(11-9-14)21-27(25,26)16-6-4-3-5-7-16/h3-11,13,17,21H,12H2,1-2H3,(H,20,22)(H,23,24)/t17-/m0/s1. The van der Waals surface area contributed by atoms with Gasteiger partial charge in [0.2, 0.25) is 0 Å². The van der Waals surface area contributed by atoms with Crippen LogP contribution >= 0.6 is 0 Å². The van der Waals surface area contributed by atoms with Gasteiger partial charge in [0.25, 0.3) is 15.9 Å². The van der Waals surface area contributed by atoms with Crippen molar-refractivity contribution >= 4 is 27.6 Å². The molecule has 0 radical (unpaired) electrons. The number of carboxylic acid groups (broad SMARTS) is 1. The van der Waals surface area contributed by atoms with Gasteiger partial charge in [-0.1, -0.05) is 32.0 Å². The zero-order chi connectivity index (χ0) is 20.0. The Balaban J connectivity index is 2.08. The van der Waals surface area contributed by atoms with Crippen molar-refractivity contribution in [3.05, 3.63) is 60.2 Å². The summed E-state index contributed by atoms with van der Waals surface area (Å²) in [6, 6.07) is 12.7. The third-order valence-electron chi connectivity index (χ3n) is 3.76. The van der Waals surface area contributed by atoms with Crippen LogP contribution in [0.15, 0.2) is 59.5 Å². The third kappa shape index (κ3) is 5.82. The van der Waals surface area contributed by atoms with Crippen LogP contribution in [-0.2, 0) is 14.8 Å². The van der Waals surface area contributed by atoms with E-state index in [0.717, 1.165) is 0 Å². The lowest BCUT2D eigenvalue weighted by molar-refractivity contribution is -0.139. The summed E-state index contributed by atoms with van der Waals surface area (Å²) in [5, 5.41) is 11.7. The molecular weight excluding hydrogens is 368 g/mol. The number of carbonyl (C=O) groups is 2. The molecule has 0 spiro atoms. The molecule has 0 heterocycles. The first kappa shape index (κ1) is 20.4. The minimum atomic E-state index is -3.72. The Morgan fingerprint density at radius 2 is 1.59 bits per heavy atom. The van der Waals surface area contributed by atoms with E-state index >= 15 is 0 Å². The van der Waals surface area contributed by atoms with Crippen molar-refractivity contribution in [1.29, 1.82) is 0 Å². The minimum absolute atomic E-state index is 0.112. The maximum absolute atomic E-state index is 12.3. The molecule has 2 aromatic carbocycles. The van der Waals surface area contributed by atoms with Gasteiger partial charge in [0.05, 0.1) is 4.90 Å². The fraction of sp³-hybridized carbons (Fsp3) is 0.263. The van der Waals surface area contributed by atoms with Crippen molar-refractivity contribution < 1.29 is 23.1 Å². The monoisotopic (exact) mass is 390 g/mol. The number of anilines is 1. The van der Waals surface area contributed by atoms with Gasteiger partial charge in [-0.15, -0.1) is 0 Å². The van der Waals surface area contributed by atoms with E-state index < -0.39 is 27.9 Å². The van der Waals surface area contributed by atoms with Crippen LogP contribution in [-0.4, -0.2) is 31.4 Å². The molecule has 0 unspecified atom stereocenters. The van der Waals surface area contributed by atoms with Crippen molar-refractivity contribution in [2.45, 2.75) is 31.2 Å². The van der Waals surface area contributed by atoms with Gasteiger partial charge in [-0.05, 0) is 48.7 Å². The molecule has 3 N–H and O–H groups in total. The highest BCUT2D eigenvalue weighted by molar-refractivity contribution is 7.92. The number of carboxylic acids is 1. The van der Waals surface area contributed by atoms with E-state index in [0.29, 0.717) is 12.1 Å². The van der Waals surface area contributed by atoms with Gasteiger partial charge in [0.15, 0.2) is 0 Å². The molecule has 2 aromatic rings. The summed E-state index contributed by atoms with van der Waals surface area (Å²) in [5.41, 5.74) is 0.542. The summed E-state index contributed by atoms with van der Waals surface area (Å²) in [4.78, 5) is 23.6. The van der Waals surface area contributed by atoms with Crippen molar-refractivity contribution in [2.75, 3.05) is 4.72 Å². The lowest BCUT2D eigenvalue weighted by atomic mass is 10.0. The summed E-state index contributed by atoms with van der Waals surface area (Å²) in [5.74, 6) is -1.51. The van der Waals surface area contributed by atoms with E-state index in [1.165, 1.54) is 36.4 Å². The SMILES string of the molecule is CC(C)C[C@H](NC(=O)c1ccc(NS(=O)(=O)c2ccccc2)cc1)C(=O)O. The lowest BCUT2D eigenvalue weighted by Crippen LogP contribution is -2.41. The highest BCUT2D eigenvalue weighted by atomic mass is 32.2. The molecular formula is C19H22N2O5S. The fourth-order valence-corrected chi connectivity index (χ4v) is 3.52. The summed E-state index contributed by atoms with van der Waals surface area (Å²) in [6.45, 7) is 3.74. The smallest absolute Gasteiger partial charge is 0.326 e. The molecule has 2 rings (SSSR count). The number of aliphatic carboxylic acids is 1. The second kappa shape index (κ2) is 8.68. The largest absolute Gasteiger partial charge is 0.480 e. The zero-order valence-electron chi connectivity index (χ0n) is 15.0. The molecule has 1 atom stereocenters. The van der Waals surface area contributed by atoms with Crippen LogP contribution in [0.5, 0.6) is 0 Å². The number of hydrogen-bond acceptors (Lipinski definition) is 4. The number of sulfonamides is 1. The highest BCUT2D eigenvalue weighted by Gasteiger charge is 2.22. The number of nitrogens with one attached hydrogen (secondary N) is 2. The normalized spacial score (nSPS) is 12.4. The molecule has 0 aliphatic rings. The first-order valence-corrected chi connectivity index (χ1v) is 9.89. The summed E-state index contributed by atoms with van der Waals surface area (Å²) in [6.07, 6.45) is 0.316. The summed E-state index contributed by atoms with van der Waals surface area (Å²) < 4.78 is 27.0. The first-order chi connectivity index (χ1) is 12.7. The van der Waals surface area contributed by atoms with Crippen LogP contribution in [0.2, 0.25) is 0 Å². The van der Waals surface area contributed by atoms with Crippen LogP contribution < -0.4 is 10.0 Å². The molecule has 144 valence electrons. The molecule has 1 amide bonds. The second-order valence-electron chi connectivity index (χ2n) is 6.49. The maximum Gasteiger partial charge on any atom is 0.326 e. The van der Waals surface area contributed by atoms with Crippen LogP contribution in [0.4, 0.5) is 5.69 Å². The number of benzene rings is 2. The topological polar surface area (TPSA) is 113 Å². The van der Waals surface area contributed by atoms with Crippen LogP contribution in [0, 0.1) is 5.92 Å². The predicted octanol–water partition coefficient (Wildman–Crippen LogP) is 2.72. The Bertz CT molecular complexity index is 893. The van der Waals surface area contributed by atoms with Crippen molar-refractivity contribution in [3.8, 4) is 0 Å². The predicted molar refractivity (Wildman–Crippen MR) is 102 cm³/mol. The van der Waals surface area contributed by atoms with Crippen LogP contribution in [0.1, 0.15) is 30.6 Å². The molecule has 0 aliphatic heterocycles. The minimum Gasteiger partial charge on any atom is -0.480 e. The van der Waals surface area contributed by atoms with E-state index in [-0.39, 0.29) is 16.4 Å². The highest BCUT2D eigenvalue weighted by Crippen LogP contribution is 2.16. The van der Waals surface area contributed by atoms with Gasteiger partial charge in [0.1, 0.15) is 6.04 Å². The molecule has 0 saturated carbocycles. The number of amides is 1. The van der Waals surface area contributed by atoms with E-state index in [9.17, 15) is 23.1 Å². The Labute approximate surface area is 158 Å². The Morgan fingerprint density at radius 3 is 2.11 bits per heavy atom. The van der Waals surface area contributed by atoms with Gasteiger partial charge in [-0.3, -0.25) is 9.52 Å². The first-order valence-electron chi connectivity index (χ1n) is 8.40. The number of hydrogen-bond donors (Lipinski definition) is 3. The summed E-state index contributed by atoms with van der Waals surface area (Å²) >= 11 is 0. The molecule has 0 aliphatic carbocycles. The van der Waals surface area contributed by atoms with E-state index in [4.69, 9.17) is 0 Å². The van der Waals surface area contributed by atoms with Crippen LogP contribution in [0.3, 0.4) is 0 Å². The zero-order valence-corrected chi connectivity index (χ0v) is 15.9. The average Bonchev–Trinajstić information content (AvgIpc) is 2.61. The fourth-order valence-electron chi connectivity index (χ4n) is 2.44. The van der Waals surface area contributed by atoms with Crippen molar-refractivity contribution in [1.82, 2.24) is 5.32 Å². The Kier molecular flexibility index (Phi) is 6.57. The van der Waals surface area contributed by atoms with Crippen molar-refractivity contribution in [2.24, 2.45) is 5.92 Å². The Hall–Kier alpha value is -2.87. The van der Waals surface area contributed by atoms with E-state index in [1.807, 2.05) is 13.8 Å². The number of carbonyl (C=O) groups excluding carboxylic acids is 1. The molecule has 0 saturated heterocycles. The Morgan fingerprint density at radius 1 is 1.00 bits per heavy atom. The van der Waals surface area contributed by atoms with Gasteiger partial charge >= 0.3 is 5.97 Å². The quantitative estimate of drug-likeness (QED) is 0.641. The van der Waals surface area contributed by atoms with E-state index in [2.05, 4.69) is 10.0 Å². The van der Waals surface area contributed by atoms with Gasteiger partial charge in [-0.25, -0.2) is 13.2 Å². The van der Waals surface area contributed by atoms with Gasteiger partial charge in [0, 0.05) is 11.3 Å². The van der Waals surface area contributed by atoms with Crippen LogP contribution in [0.25, 0.3) is 0 Å². The third-order valence-corrected chi connectivity index (χ3v) is 5.16. The molecule has 0 aromatic heterocycles. The van der Waals surface area contributed by atoms with E-state index in [1.54, 1.807) is 18.2 Å². The van der Waals surface area contributed by atoms with Gasteiger partial charge < -0.3 is 10.4 Å². The lowest BCUT2D eigenvalue weighted by Gasteiger charge is -2.16. The van der Waals surface area contributed by atoms with Gasteiger partial charge in [-0.2, -0.15) is 0 Å². The molecule has 27 heavy (non-hydrogen) atoms. The molecule has 7 nitrogen and oxygen atoms in total. The summed E-state index contributed by atoms with van der Waals surface area (Å²) in [7, 11) is -3.72. The molecule has 8 heteroatoms. The number of rotatable bonds is 8. The molecule has 0 fully saturated rings. The molecule has 0 bridgehead atoms. The average molecular weight is 390 g/mol.